The maximum Gasteiger partial charge on any atom is 0.410 e. The molecule has 0 saturated carbocycles. The molecule has 0 aliphatic carbocycles. The molecule has 1 aromatic heterocycles. The Kier molecular flexibility index (Phi) is 5.50. The molecule has 0 N–H and O–H groups in total. The van der Waals surface area contributed by atoms with Crippen molar-refractivity contribution in [3.8, 4) is 5.75 Å². The normalized spacial score (nSPS) is 13.8. The van der Waals surface area contributed by atoms with Crippen LogP contribution in [-0.4, -0.2) is 33.0 Å². The Hall–Kier alpha value is -3.10. The van der Waals surface area contributed by atoms with Gasteiger partial charge in [0.25, 0.3) is 0 Å². The van der Waals surface area contributed by atoms with Gasteiger partial charge >= 0.3 is 11.8 Å². The number of carbonyl (C=O) groups is 1. The second-order valence-corrected chi connectivity index (χ2v) is 8.02. The summed E-state index contributed by atoms with van der Waals surface area (Å²) in [5, 5.41) is 11.5. The van der Waals surface area contributed by atoms with E-state index < -0.39 is 16.6 Å². The molecule has 0 atom stereocenters. The molecule has 9 nitrogen and oxygen atoms in total. The van der Waals surface area contributed by atoms with Crippen molar-refractivity contribution in [3.05, 3.63) is 50.7 Å². The first kappa shape index (κ1) is 20.6. The average molecular weight is 403 g/mol. The number of nitrogens with zero attached hydrogens (tertiary/aromatic N) is 3. The lowest BCUT2D eigenvalue weighted by molar-refractivity contribution is -0.386. The van der Waals surface area contributed by atoms with Gasteiger partial charge in [-0.1, -0.05) is 0 Å². The summed E-state index contributed by atoms with van der Waals surface area (Å²) in [5.41, 5.74) is 1.53. The molecule has 0 unspecified atom stereocenters. The zero-order valence-corrected chi connectivity index (χ0v) is 17.3. The molecular weight excluding hydrogens is 378 g/mol. The van der Waals surface area contributed by atoms with E-state index in [4.69, 9.17) is 13.9 Å². The number of benzene rings is 1. The summed E-state index contributed by atoms with van der Waals surface area (Å²) in [6.07, 6.45) is 0.106. The van der Waals surface area contributed by atoms with Crippen molar-refractivity contribution in [2.24, 2.45) is 0 Å². The molecule has 0 saturated heterocycles. The van der Waals surface area contributed by atoms with Gasteiger partial charge in [0.2, 0.25) is 0 Å². The molecule has 9 heteroatoms. The molecule has 0 spiro atoms. The molecule has 29 heavy (non-hydrogen) atoms. The Morgan fingerprint density at radius 3 is 2.62 bits per heavy atom. The largest absolute Gasteiger partial charge is 0.480 e. The van der Waals surface area contributed by atoms with Crippen LogP contribution in [-0.2, 0) is 24.3 Å². The molecule has 0 bridgehead atoms. The van der Waals surface area contributed by atoms with Crippen LogP contribution in [0.5, 0.6) is 5.75 Å². The van der Waals surface area contributed by atoms with Crippen LogP contribution in [0.2, 0.25) is 0 Å². The molecule has 1 aromatic carbocycles. The Morgan fingerprint density at radius 2 is 2.03 bits per heavy atom. The molecule has 0 radical (unpaired) electrons. The summed E-state index contributed by atoms with van der Waals surface area (Å²) in [7, 11) is 0. The Morgan fingerprint density at radius 1 is 1.31 bits per heavy atom. The monoisotopic (exact) mass is 403 g/mol. The van der Waals surface area contributed by atoms with Crippen LogP contribution in [0.1, 0.15) is 49.2 Å². The second kappa shape index (κ2) is 7.73. The predicted octanol–water partition coefficient (Wildman–Crippen LogP) is 4.07. The van der Waals surface area contributed by atoms with Crippen LogP contribution in [0.15, 0.2) is 16.5 Å². The first-order valence-electron chi connectivity index (χ1n) is 9.37. The maximum atomic E-state index is 12.4. The minimum atomic E-state index is -0.589. The lowest BCUT2D eigenvalue weighted by Gasteiger charge is -2.31. The molecule has 1 aliphatic rings. The van der Waals surface area contributed by atoms with Crippen LogP contribution in [0.4, 0.5) is 10.5 Å². The number of oxazole rings is 1. The van der Waals surface area contributed by atoms with E-state index in [1.54, 1.807) is 24.8 Å². The number of aromatic nitrogens is 1. The molecule has 156 valence electrons. The number of nitro benzene ring substituents is 1. The van der Waals surface area contributed by atoms with Gasteiger partial charge in [-0.3, -0.25) is 10.1 Å². The van der Waals surface area contributed by atoms with E-state index in [-0.39, 0.29) is 18.0 Å². The van der Waals surface area contributed by atoms with Gasteiger partial charge in [-0.05, 0) is 51.3 Å². The van der Waals surface area contributed by atoms with Crippen molar-refractivity contribution in [2.75, 3.05) is 6.54 Å². The maximum absolute atomic E-state index is 12.4. The first-order valence-corrected chi connectivity index (χ1v) is 9.37. The van der Waals surface area contributed by atoms with Gasteiger partial charge < -0.3 is 18.8 Å². The van der Waals surface area contributed by atoms with Gasteiger partial charge in [-0.15, -0.1) is 0 Å². The van der Waals surface area contributed by atoms with E-state index >= 15 is 0 Å². The third kappa shape index (κ3) is 4.85. The first-order chi connectivity index (χ1) is 13.5. The fourth-order valence-electron chi connectivity index (χ4n) is 3.17. The summed E-state index contributed by atoms with van der Waals surface area (Å²) in [5.74, 6) is 1.26. The second-order valence-electron chi connectivity index (χ2n) is 8.02. The zero-order valence-electron chi connectivity index (χ0n) is 17.3. The molecule has 1 amide bonds. The molecule has 3 rings (SSSR count). The van der Waals surface area contributed by atoms with Gasteiger partial charge in [-0.2, -0.15) is 0 Å². The van der Waals surface area contributed by atoms with E-state index in [1.165, 1.54) is 6.07 Å². The molecule has 0 fully saturated rings. The highest BCUT2D eigenvalue weighted by Crippen LogP contribution is 2.34. The number of carbonyl (C=O) groups excluding carboxylic acids is 1. The summed E-state index contributed by atoms with van der Waals surface area (Å²) < 4.78 is 16.5. The lowest BCUT2D eigenvalue weighted by Crippen LogP contribution is -2.39. The van der Waals surface area contributed by atoms with Crippen molar-refractivity contribution >= 4 is 11.8 Å². The van der Waals surface area contributed by atoms with E-state index in [2.05, 4.69) is 4.98 Å². The number of fused-ring (bicyclic) bond motifs is 1. The number of hydrogen-bond donors (Lipinski definition) is 0. The van der Waals surface area contributed by atoms with E-state index in [0.717, 1.165) is 11.1 Å². The fraction of sp³-hybridized carbons (Fsp3) is 0.500. The Labute approximate surface area is 168 Å². The van der Waals surface area contributed by atoms with Crippen LogP contribution in [0, 0.1) is 24.0 Å². The standard InChI is InChI=1S/C20H25N3O6/c1-12-16(21-13(2)28-12)11-27-18-9-15-10-22(19(24)29-20(3,4)5)7-6-14(15)8-17(18)23(25)26/h8-9H,6-7,10-11H2,1-5H3. The number of amides is 1. The lowest BCUT2D eigenvalue weighted by atomic mass is 9.98. The number of hydrogen-bond acceptors (Lipinski definition) is 7. The zero-order chi connectivity index (χ0) is 21.3. The van der Waals surface area contributed by atoms with Gasteiger partial charge in [0, 0.05) is 26.1 Å². The van der Waals surface area contributed by atoms with Crippen molar-refractivity contribution < 1.29 is 23.6 Å². The van der Waals surface area contributed by atoms with Crippen LogP contribution in [0.25, 0.3) is 0 Å². The number of ether oxygens (including phenoxy) is 2. The fourth-order valence-corrected chi connectivity index (χ4v) is 3.17. The number of nitro groups is 1. The quantitative estimate of drug-likeness (QED) is 0.559. The smallest absolute Gasteiger partial charge is 0.410 e. The molecule has 1 aliphatic heterocycles. The van der Waals surface area contributed by atoms with Gasteiger partial charge in [0.1, 0.15) is 23.7 Å². The summed E-state index contributed by atoms with van der Waals surface area (Å²) in [6, 6.07) is 3.16. The highest BCUT2D eigenvalue weighted by molar-refractivity contribution is 5.69. The van der Waals surface area contributed by atoms with Gasteiger partial charge in [-0.25, -0.2) is 9.78 Å². The number of rotatable bonds is 4. The van der Waals surface area contributed by atoms with Crippen LogP contribution in [0.3, 0.4) is 0 Å². The summed E-state index contributed by atoms with van der Waals surface area (Å²) in [6.45, 7) is 9.72. The Bertz CT molecular complexity index is 944. The molecule has 2 heterocycles. The predicted molar refractivity (Wildman–Crippen MR) is 104 cm³/mol. The SMILES string of the molecule is Cc1nc(COc2cc3c(cc2[N+](=O)[O-])CCN(C(=O)OC(C)(C)C)C3)c(C)o1. The van der Waals surface area contributed by atoms with Crippen molar-refractivity contribution in [2.45, 2.75) is 59.8 Å². The summed E-state index contributed by atoms with van der Waals surface area (Å²) in [4.78, 5) is 29.3. The van der Waals surface area contributed by atoms with E-state index in [0.29, 0.717) is 36.9 Å². The average Bonchev–Trinajstić information content (AvgIpc) is 2.94. The van der Waals surface area contributed by atoms with Crippen molar-refractivity contribution in [3.63, 3.8) is 0 Å². The summed E-state index contributed by atoms with van der Waals surface area (Å²) >= 11 is 0. The van der Waals surface area contributed by atoms with Crippen molar-refractivity contribution in [1.29, 1.82) is 0 Å². The van der Waals surface area contributed by atoms with Gasteiger partial charge in [0.15, 0.2) is 11.6 Å². The number of aryl methyl sites for hydroxylation is 2. The third-order valence-electron chi connectivity index (χ3n) is 4.51. The minimum Gasteiger partial charge on any atom is -0.480 e. The highest BCUT2D eigenvalue weighted by atomic mass is 16.6. The van der Waals surface area contributed by atoms with Crippen LogP contribution < -0.4 is 4.74 Å². The minimum absolute atomic E-state index is 0.0541. The third-order valence-corrected chi connectivity index (χ3v) is 4.51. The van der Waals surface area contributed by atoms with Crippen molar-refractivity contribution in [1.82, 2.24) is 9.88 Å². The Balaban J connectivity index is 1.83. The molecular formula is C20H25N3O6. The van der Waals surface area contributed by atoms with Gasteiger partial charge in [0.05, 0.1) is 4.92 Å². The van der Waals surface area contributed by atoms with Crippen LogP contribution >= 0.6 is 0 Å². The topological polar surface area (TPSA) is 108 Å². The molecule has 2 aromatic rings. The van der Waals surface area contributed by atoms with E-state index in [9.17, 15) is 14.9 Å². The van der Waals surface area contributed by atoms with E-state index in [1.807, 2.05) is 20.8 Å². The highest BCUT2D eigenvalue weighted by Gasteiger charge is 2.28.